The van der Waals surface area contributed by atoms with E-state index in [0.29, 0.717) is 22.7 Å². The van der Waals surface area contributed by atoms with Gasteiger partial charge in [0.2, 0.25) is 0 Å². The lowest BCUT2D eigenvalue weighted by Crippen LogP contribution is -2.40. The predicted octanol–water partition coefficient (Wildman–Crippen LogP) is 2.69. The van der Waals surface area contributed by atoms with E-state index in [1.54, 1.807) is 6.07 Å². The van der Waals surface area contributed by atoms with Crippen LogP contribution in [0.5, 0.6) is 0 Å². The van der Waals surface area contributed by atoms with Gasteiger partial charge in [-0.25, -0.2) is 9.59 Å². The fourth-order valence-electron chi connectivity index (χ4n) is 2.22. The molecule has 0 aromatic heterocycles. The number of hydrogen-bond acceptors (Lipinski definition) is 3. The topological polar surface area (TPSA) is 87.7 Å². The van der Waals surface area contributed by atoms with Crippen LogP contribution in [0.2, 0.25) is 0 Å². The number of halogens is 1. The average Bonchev–Trinajstić information content (AvgIpc) is 2.91. The van der Waals surface area contributed by atoms with Crippen molar-refractivity contribution in [1.82, 2.24) is 5.32 Å². The van der Waals surface area contributed by atoms with Gasteiger partial charge in [-0.05, 0) is 31.5 Å². The van der Waals surface area contributed by atoms with Crippen LogP contribution in [0.4, 0.5) is 10.5 Å². The summed E-state index contributed by atoms with van der Waals surface area (Å²) in [7, 11) is 0. The quantitative estimate of drug-likeness (QED) is 0.773. The van der Waals surface area contributed by atoms with Gasteiger partial charge in [0, 0.05) is 28.7 Å². The van der Waals surface area contributed by atoms with Crippen LogP contribution in [0.15, 0.2) is 22.7 Å². The Hall–Kier alpha value is -1.60. The molecule has 1 aliphatic rings. The predicted molar refractivity (Wildman–Crippen MR) is 81.6 cm³/mol. The highest BCUT2D eigenvalue weighted by Gasteiger charge is 2.23. The zero-order valence-electron chi connectivity index (χ0n) is 11.6. The number of nitrogens with one attached hydrogen (secondary N) is 2. The van der Waals surface area contributed by atoms with Gasteiger partial charge in [-0.3, -0.25) is 0 Å². The molecule has 6 nitrogen and oxygen atoms in total. The number of aromatic carboxylic acids is 1. The molecular formula is C14H17BrN2O4. The van der Waals surface area contributed by atoms with Gasteiger partial charge in [-0.2, -0.15) is 0 Å². The van der Waals surface area contributed by atoms with Crippen molar-refractivity contribution in [3.8, 4) is 0 Å². The maximum absolute atomic E-state index is 11.9. The third kappa shape index (κ3) is 4.44. The number of carbonyl (C=O) groups excluding carboxylic acids is 1. The molecule has 0 radical (unpaired) electrons. The number of rotatable bonds is 4. The molecule has 7 heteroatoms. The third-order valence-corrected chi connectivity index (χ3v) is 3.89. The van der Waals surface area contributed by atoms with E-state index in [1.807, 2.05) is 6.92 Å². The highest BCUT2D eigenvalue weighted by molar-refractivity contribution is 9.10. The van der Waals surface area contributed by atoms with Gasteiger partial charge in [-0.15, -0.1) is 0 Å². The molecule has 1 fully saturated rings. The minimum absolute atomic E-state index is 0.00130. The van der Waals surface area contributed by atoms with Crippen LogP contribution in [-0.2, 0) is 4.74 Å². The average molecular weight is 357 g/mol. The Bertz CT molecular complexity index is 544. The molecule has 0 bridgehead atoms. The first-order chi connectivity index (χ1) is 9.95. The smallest absolute Gasteiger partial charge is 0.335 e. The number of amides is 2. The van der Waals surface area contributed by atoms with Gasteiger partial charge in [0.25, 0.3) is 0 Å². The van der Waals surface area contributed by atoms with E-state index < -0.39 is 5.97 Å². The molecule has 0 spiro atoms. The SMILES string of the molecule is CC(NC(=O)Nc1cc(Br)cc(C(=O)O)c1)C1CCOC1. The molecule has 3 N–H and O–H groups in total. The lowest BCUT2D eigenvalue weighted by atomic mass is 10.0. The number of carboxylic acid groups (broad SMARTS) is 1. The Kier molecular flexibility index (Phi) is 5.19. The van der Waals surface area contributed by atoms with Crippen molar-refractivity contribution >= 4 is 33.6 Å². The van der Waals surface area contributed by atoms with Gasteiger partial charge < -0.3 is 20.5 Å². The summed E-state index contributed by atoms with van der Waals surface area (Å²) in [6, 6.07) is 4.18. The standard InChI is InChI=1S/C14H17BrN2O4/c1-8(9-2-3-21-7-9)16-14(20)17-12-5-10(13(18)19)4-11(15)6-12/h4-6,8-9H,2-3,7H2,1H3,(H,18,19)(H2,16,17,20). The lowest BCUT2D eigenvalue weighted by molar-refractivity contribution is 0.0696. The van der Waals surface area contributed by atoms with Crippen LogP contribution in [0, 0.1) is 5.92 Å². The monoisotopic (exact) mass is 356 g/mol. The van der Waals surface area contributed by atoms with E-state index in [1.165, 1.54) is 12.1 Å². The van der Waals surface area contributed by atoms with E-state index in [9.17, 15) is 9.59 Å². The van der Waals surface area contributed by atoms with Gasteiger partial charge in [0.1, 0.15) is 0 Å². The maximum atomic E-state index is 11.9. The summed E-state index contributed by atoms with van der Waals surface area (Å²) in [5.41, 5.74) is 0.533. The van der Waals surface area contributed by atoms with Crippen LogP contribution in [0.1, 0.15) is 23.7 Å². The molecule has 2 rings (SSSR count). The molecule has 1 aromatic carbocycles. The Morgan fingerprint density at radius 2 is 2.19 bits per heavy atom. The Balaban J connectivity index is 1.97. The normalized spacial score (nSPS) is 19.0. The molecule has 114 valence electrons. The molecule has 1 aromatic rings. The molecular weight excluding hydrogens is 340 g/mol. The first-order valence-electron chi connectivity index (χ1n) is 6.65. The molecule has 2 atom stereocenters. The summed E-state index contributed by atoms with van der Waals surface area (Å²) in [6.45, 7) is 3.32. The second-order valence-electron chi connectivity index (χ2n) is 5.04. The van der Waals surface area contributed by atoms with Crippen LogP contribution in [-0.4, -0.2) is 36.4 Å². The number of carbonyl (C=O) groups is 2. The second-order valence-corrected chi connectivity index (χ2v) is 5.96. The summed E-state index contributed by atoms with van der Waals surface area (Å²) in [5, 5.41) is 14.5. The number of anilines is 1. The summed E-state index contributed by atoms with van der Waals surface area (Å²) >= 11 is 3.22. The Labute approximate surface area is 131 Å². The van der Waals surface area contributed by atoms with Crippen molar-refractivity contribution in [1.29, 1.82) is 0 Å². The van der Waals surface area contributed by atoms with Crippen molar-refractivity contribution in [3.63, 3.8) is 0 Å². The second kappa shape index (κ2) is 6.91. The fourth-order valence-corrected chi connectivity index (χ4v) is 2.72. The molecule has 0 aliphatic carbocycles. The van der Waals surface area contributed by atoms with Crippen molar-refractivity contribution < 1.29 is 19.4 Å². The zero-order chi connectivity index (χ0) is 15.4. The van der Waals surface area contributed by atoms with E-state index in [2.05, 4.69) is 26.6 Å². The van der Waals surface area contributed by atoms with E-state index in [-0.39, 0.29) is 17.6 Å². The fraction of sp³-hybridized carbons (Fsp3) is 0.429. The lowest BCUT2D eigenvalue weighted by Gasteiger charge is -2.19. The number of carboxylic acids is 1. The number of urea groups is 1. The largest absolute Gasteiger partial charge is 0.478 e. The van der Waals surface area contributed by atoms with Crippen molar-refractivity contribution in [2.24, 2.45) is 5.92 Å². The van der Waals surface area contributed by atoms with Gasteiger partial charge in [0.05, 0.1) is 12.2 Å². The van der Waals surface area contributed by atoms with Gasteiger partial charge in [0.15, 0.2) is 0 Å². The molecule has 1 aliphatic heterocycles. The highest BCUT2D eigenvalue weighted by atomic mass is 79.9. The van der Waals surface area contributed by atoms with E-state index >= 15 is 0 Å². The Morgan fingerprint density at radius 3 is 2.81 bits per heavy atom. The van der Waals surface area contributed by atoms with Crippen LogP contribution in [0.3, 0.4) is 0 Å². The minimum Gasteiger partial charge on any atom is -0.478 e. The van der Waals surface area contributed by atoms with Crippen LogP contribution in [0.25, 0.3) is 0 Å². The van der Waals surface area contributed by atoms with E-state index in [4.69, 9.17) is 9.84 Å². The molecule has 1 saturated heterocycles. The maximum Gasteiger partial charge on any atom is 0.335 e. The van der Waals surface area contributed by atoms with Crippen molar-refractivity contribution in [3.05, 3.63) is 28.2 Å². The highest BCUT2D eigenvalue weighted by Crippen LogP contribution is 2.20. The molecule has 2 amide bonds. The van der Waals surface area contributed by atoms with Crippen LogP contribution < -0.4 is 10.6 Å². The number of hydrogen-bond donors (Lipinski definition) is 3. The Morgan fingerprint density at radius 1 is 1.43 bits per heavy atom. The third-order valence-electron chi connectivity index (χ3n) is 3.43. The first-order valence-corrected chi connectivity index (χ1v) is 7.44. The van der Waals surface area contributed by atoms with Crippen molar-refractivity contribution in [2.45, 2.75) is 19.4 Å². The molecule has 0 saturated carbocycles. The summed E-state index contributed by atoms with van der Waals surface area (Å²) in [4.78, 5) is 22.9. The number of benzene rings is 1. The summed E-state index contributed by atoms with van der Waals surface area (Å²) < 4.78 is 5.89. The first kappa shape index (κ1) is 15.8. The van der Waals surface area contributed by atoms with Crippen molar-refractivity contribution in [2.75, 3.05) is 18.5 Å². The van der Waals surface area contributed by atoms with Gasteiger partial charge in [-0.1, -0.05) is 15.9 Å². The number of ether oxygens (including phenoxy) is 1. The van der Waals surface area contributed by atoms with Gasteiger partial charge >= 0.3 is 12.0 Å². The summed E-state index contributed by atoms with van der Waals surface area (Å²) in [5.74, 6) is -0.732. The zero-order valence-corrected chi connectivity index (χ0v) is 13.1. The van der Waals surface area contributed by atoms with Crippen LogP contribution >= 0.6 is 15.9 Å². The molecule has 21 heavy (non-hydrogen) atoms. The summed E-state index contributed by atoms with van der Waals surface area (Å²) in [6.07, 6.45) is 0.932. The molecule has 2 unspecified atom stereocenters. The molecule has 1 heterocycles. The minimum atomic E-state index is -1.05. The van der Waals surface area contributed by atoms with E-state index in [0.717, 1.165) is 13.0 Å².